The number of ether oxygens (including phenoxy) is 1. The van der Waals surface area contributed by atoms with Gasteiger partial charge in [-0.2, -0.15) is 0 Å². The van der Waals surface area contributed by atoms with E-state index in [-0.39, 0.29) is 0 Å². The molecule has 0 bridgehead atoms. The monoisotopic (exact) mass is 447 g/mol. The maximum Gasteiger partial charge on any atom is 0.326 e. The molecule has 32 heavy (non-hydrogen) atoms. The number of para-hydroxylation sites is 1. The van der Waals surface area contributed by atoms with Crippen LogP contribution < -0.4 is 5.32 Å². The van der Waals surface area contributed by atoms with Gasteiger partial charge in [-0.3, -0.25) is 14.4 Å². The first-order valence-electron chi connectivity index (χ1n) is 11.8. The SMILES string of the molecule is CCCCCCCC(CCC(C)O)OC(=O)C(C(=O)Nc1ccccc1)C(=O)C(C)(C)C. The summed E-state index contributed by atoms with van der Waals surface area (Å²) in [6.07, 6.45) is 6.06. The Kier molecular flexibility index (Phi) is 12.2. The first-order valence-corrected chi connectivity index (χ1v) is 11.8. The van der Waals surface area contributed by atoms with Gasteiger partial charge in [-0.25, -0.2) is 0 Å². The Balaban J connectivity index is 2.94. The summed E-state index contributed by atoms with van der Waals surface area (Å²) in [5, 5.41) is 12.3. The van der Waals surface area contributed by atoms with Crippen LogP contribution in [0.2, 0.25) is 0 Å². The summed E-state index contributed by atoms with van der Waals surface area (Å²) in [4.78, 5) is 39.1. The fourth-order valence-electron chi connectivity index (χ4n) is 3.40. The predicted octanol–water partition coefficient (Wildman–Crippen LogP) is 5.29. The lowest BCUT2D eigenvalue weighted by Crippen LogP contribution is -2.43. The van der Waals surface area contributed by atoms with Crippen LogP contribution in [0.15, 0.2) is 30.3 Å². The molecule has 0 aromatic heterocycles. The Hall–Kier alpha value is -2.21. The molecule has 0 aliphatic heterocycles. The first kappa shape index (κ1) is 27.8. The summed E-state index contributed by atoms with van der Waals surface area (Å²) in [5.74, 6) is -3.52. The van der Waals surface area contributed by atoms with Gasteiger partial charge in [-0.05, 0) is 44.7 Å². The van der Waals surface area contributed by atoms with E-state index >= 15 is 0 Å². The smallest absolute Gasteiger partial charge is 0.326 e. The number of esters is 1. The summed E-state index contributed by atoms with van der Waals surface area (Å²) in [7, 11) is 0. The number of rotatable bonds is 14. The topological polar surface area (TPSA) is 92.7 Å². The molecule has 180 valence electrons. The summed E-state index contributed by atoms with van der Waals surface area (Å²) in [6, 6.07) is 8.74. The summed E-state index contributed by atoms with van der Waals surface area (Å²) < 4.78 is 5.71. The molecule has 6 nitrogen and oxygen atoms in total. The molecule has 1 aromatic carbocycles. The maximum atomic E-state index is 13.1. The largest absolute Gasteiger partial charge is 0.461 e. The van der Waals surface area contributed by atoms with E-state index in [1.54, 1.807) is 52.0 Å². The van der Waals surface area contributed by atoms with Gasteiger partial charge in [0.2, 0.25) is 5.91 Å². The summed E-state index contributed by atoms with van der Waals surface area (Å²) >= 11 is 0. The third kappa shape index (κ3) is 10.4. The number of aliphatic hydroxyl groups excluding tert-OH is 1. The number of aliphatic hydroxyl groups is 1. The van der Waals surface area contributed by atoms with Gasteiger partial charge in [0.15, 0.2) is 11.7 Å². The minimum atomic E-state index is -1.54. The Bertz CT molecular complexity index is 709. The standard InChI is InChI=1S/C26H41NO5/c1-6-7-8-9-13-16-21(18-17-19(2)28)32-25(31)22(23(29)26(3,4)5)24(30)27-20-14-11-10-12-15-20/h10-12,14-15,19,21-22,28H,6-9,13,16-18H2,1-5H3,(H,27,30). The summed E-state index contributed by atoms with van der Waals surface area (Å²) in [5.41, 5.74) is -0.369. The molecule has 1 rings (SSSR count). The van der Waals surface area contributed by atoms with E-state index < -0.39 is 41.2 Å². The van der Waals surface area contributed by atoms with Crippen molar-refractivity contribution in [1.29, 1.82) is 0 Å². The number of ketones is 1. The molecule has 0 fully saturated rings. The van der Waals surface area contributed by atoms with Gasteiger partial charge in [0.25, 0.3) is 0 Å². The van der Waals surface area contributed by atoms with Crippen molar-refractivity contribution in [2.45, 2.75) is 98.2 Å². The average Bonchev–Trinajstić information content (AvgIpc) is 2.71. The van der Waals surface area contributed by atoms with E-state index in [1.165, 1.54) is 6.42 Å². The van der Waals surface area contributed by atoms with Crippen LogP contribution in [0.25, 0.3) is 0 Å². The van der Waals surface area contributed by atoms with Gasteiger partial charge in [0.05, 0.1) is 6.10 Å². The number of unbranched alkanes of at least 4 members (excludes halogenated alkanes) is 4. The van der Waals surface area contributed by atoms with E-state index in [4.69, 9.17) is 4.74 Å². The molecule has 0 aliphatic rings. The highest BCUT2D eigenvalue weighted by Crippen LogP contribution is 2.24. The second kappa shape index (κ2) is 14.0. The van der Waals surface area contributed by atoms with E-state index in [0.717, 1.165) is 25.7 Å². The zero-order chi connectivity index (χ0) is 24.1. The van der Waals surface area contributed by atoms with Crippen LogP contribution in [-0.2, 0) is 19.1 Å². The number of anilines is 1. The van der Waals surface area contributed by atoms with E-state index in [9.17, 15) is 19.5 Å². The van der Waals surface area contributed by atoms with Crippen molar-refractivity contribution in [2.75, 3.05) is 5.32 Å². The lowest BCUT2D eigenvalue weighted by molar-refractivity contribution is -0.161. The van der Waals surface area contributed by atoms with Gasteiger partial charge < -0.3 is 15.2 Å². The number of carbonyl (C=O) groups is 3. The molecule has 0 saturated heterocycles. The van der Waals surface area contributed by atoms with Crippen molar-refractivity contribution in [3.05, 3.63) is 30.3 Å². The first-order chi connectivity index (χ1) is 15.1. The molecule has 0 spiro atoms. The van der Waals surface area contributed by atoms with E-state index in [2.05, 4.69) is 12.2 Å². The number of Topliss-reactive ketones (excluding diaryl/α,β-unsaturated/α-hetero) is 1. The maximum absolute atomic E-state index is 13.1. The molecule has 2 N–H and O–H groups in total. The molecular formula is C26H41NO5. The zero-order valence-corrected chi connectivity index (χ0v) is 20.4. The van der Waals surface area contributed by atoms with Crippen LogP contribution in [0, 0.1) is 11.3 Å². The van der Waals surface area contributed by atoms with Gasteiger partial charge in [-0.1, -0.05) is 71.6 Å². The van der Waals surface area contributed by atoms with Crippen molar-refractivity contribution < 1.29 is 24.2 Å². The normalized spacial score (nSPS) is 14.3. The number of hydrogen-bond acceptors (Lipinski definition) is 5. The number of benzene rings is 1. The molecule has 6 heteroatoms. The van der Waals surface area contributed by atoms with Gasteiger partial charge >= 0.3 is 5.97 Å². The predicted molar refractivity (Wildman–Crippen MR) is 127 cm³/mol. The van der Waals surface area contributed by atoms with Crippen LogP contribution >= 0.6 is 0 Å². The molecule has 0 heterocycles. The Morgan fingerprint density at radius 1 is 0.969 bits per heavy atom. The third-order valence-electron chi connectivity index (χ3n) is 5.36. The second-order valence-corrected chi connectivity index (χ2v) is 9.59. The zero-order valence-electron chi connectivity index (χ0n) is 20.4. The Morgan fingerprint density at radius 3 is 2.16 bits per heavy atom. The third-order valence-corrected chi connectivity index (χ3v) is 5.36. The molecular weight excluding hydrogens is 406 g/mol. The highest BCUT2D eigenvalue weighted by molar-refractivity contribution is 6.21. The van der Waals surface area contributed by atoms with Gasteiger partial charge in [0, 0.05) is 11.1 Å². The lowest BCUT2D eigenvalue weighted by atomic mass is 9.82. The molecule has 3 unspecified atom stereocenters. The molecule has 0 aliphatic carbocycles. The number of carbonyl (C=O) groups excluding carboxylic acids is 3. The fraction of sp³-hybridized carbons (Fsp3) is 0.654. The van der Waals surface area contributed by atoms with E-state index in [1.807, 2.05) is 6.07 Å². The molecule has 1 amide bonds. The van der Waals surface area contributed by atoms with Crippen molar-refractivity contribution in [2.24, 2.45) is 11.3 Å². The van der Waals surface area contributed by atoms with Crippen molar-refractivity contribution >= 4 is 23.3 Å². The number of nitrogens with one attached hydrogen (secondary N) is 1. The quantitative estimate of drug-likeness (QED) is 0.230. The van der Waals surface area contributed by atoms with Gasteiger partial charge in [-0.15, -0.1) is 0 Å². The van der Waals surface area contributed by atoms with Crippen LogP contribution in [0.4, 0.5) is 5.69 Å². The minimum Gasteiger partial charge on any atom is -0.461 e. The highest BCUT2D eigenvalue weighted by Gasteiger charge is 2.42. The number of amides is 1. The van der Waals surface area contributed by atoms with Crippen LogP contribution in [0.1, 0.15) is 86.0 Å². The average molecular weight is 448 g/mol. The molecule has 0 saturated carbocycles. The minimum absolute atomic E-state index is 0.432. The van der Waals surface area contributed by atoms with Crippen LogP contribution in [0.3, 0.4) is 0 Å². The van der Waals surface area contributed by atoms with E-state index in [0.29, 0.717) is 24.9 Å². The van der Waals surface area contributed by atoms with Crippen molar-refractivity contribution in [1.82, 2.24) is 0 Å². The van der Waals surface area contributed by atoms with Crippen LogP contribution in [-0.4, -0.2) is 35.0 Å². The second-order valence-electron chi connectivity index (χ2n) is 9.59. The van der Waals surface area contributed by atoms with Gasteiger partial charge in [0.1, 0.15) is 6.10 Å². The molecule has 3 atom stereocenters. The Morgan fingerprint density at radius 2 is 1.59 bits per heavy atom. The Labute approximate surface area is 193 Å². The summed E-state index contributed by atoms with van der Waals surface area (Å²) in [6.45, 7) is 8.90. The van der Waals surface area contributed by atoms with Crippen molar-refractivity contribution in [3.63, 3.8) is 0 Å². The molecule has 1 aromatic rings. The van der Waals surface area contributed by atoms with Crippen molar-refractivity contribution in [3.8, 4) is 0 Å². The molecule has 0 radical (unpaired) electrons. The fourth-order valence-corrected chi connectivity index (χ4v) is 3.40. The lowest BCUT2D eigenvalue weighted by Gasteiger charge is -2.25. The number of hydrogen-bond donors (Lipinski definition) is 2. The van der Waals surface area contributed by atoms with Crippen LogP contribution in [0.5, 0.6) is 0 Å². The highest BCUT2D eigenvalue weighted by atomic mass is 16.5.